The van der Waals surface area contributed by atoms with Gasteiger partial charge in [0.05, 0.1) is 27.9 Å². The number of hydrogen-bond donors (Lipinski definition) is 1. The molecule has 0 unspecified atom stereocenters. The number of aromatic nitrogens is 2. The third kappa shape index (κ3) is 4.18. The van der Waals surface area contributed by atoms with Crippen LogP contribution < -0.4 is 5.32 Å². The molecule has 0 radical (unpaired) electrons. The van der Waals surface area contributed by atoms with Crippen molar-refractivity contribution in [2.75, 3.05) is 18.4 Å². The fourth-order valence-corrected chi connectivity index (χ4v) is 4.48. The van der Waals surface area contributed by atoms with Crippen molar-refractivity contribution < 1.29 is 4.79 Å². The summed E-state index contributed by atoms with van der Waals surface area (Å²) < 4.78 is 0.956. The first-order valence-corrected chi connectivity index (χ1v) is 10.2. The molecule has 4 rings (SSSR count). The van der Waals surface area contributed by atoms with E-state index in [1.807, 2.05) is 30.3 Å². The second kappa shape index (κ2) is 8.26. The van der Waals surface area contributed by atoms with E-state index >= 15 is 0 Å². The number of piperidine rings is 1. The minimum absolute atomic E-state index is 0.0496. The quantitative estimate of drug-likeness (QED) is 0.709. The Hall–Kier alpha value is -3.49. The van der Waals surface area contributed by atoms with Gasteiger partial charge in [0.25, 0.3) is 0 Å². The Balaban J connectivity index is 1.45. The summed E-state index contributed by atoms with van der Waals surface area (Å²) in [6.07, 6.45) is 3.48. The number of nitrogens with one attached hydrogen (secondary N) is 1. The molecule has 7 nitrogen and oxygen atoms in total. The molecule has 0 bridgehead atoms. The lowest BCUT2D eigenvalue weighted by Gasteiger charge is -2.31. The van der Waals surface area contributed by atoms with Gasteiger partial charge in [-0.3, -0.25) is 4.79 Å². The lowest BCUT2D eigenvalue weighted by Crippen LogP contribution is -2.37. The maximum absolute atomic E-state index is 11.9. The summed E-state index contributed by atoms with van der Waals surface area (Å²) in [6, 6.07) is 13.6. The van der Waals surface area contributed by atoms with Crippen LogP contribution in [-0.2, 0) is 4.79 Å². The number of likely N-dealkylation sites (tertiary alicyclic amines) is 1. The van der Waals surface area contributed by atoms with Gasteiger partial charge < -0.3 is 10.2 Å². The van der Waals surface area contributed by atoms with Crippen LogP contribution in [0.3, 0.4) is 0 Å². The molecule has 3 aromatic rings. The van der Waals surface area contributed by atoms with Gasteiger partial charge in [0, 0.05) is 19.3 Å². The maximum Gasteiger partial charge on any atom is 0.236 e. The first kappa shape index (κ1) is 18.9. The van der Waals surface area contributed by atoms with Crippen molar-refractivity contribution in [2.45, 2.75) is 25.2 Å². The van der Waals surface area contributed by atoms with E-state index in [1.165, 1.54) is 16.9 Å². The van der Waals surface area contributed by atoms with E-state index in [2.05, 4.69) is 21.4 Å². The smallest absolute Gasteiger partial charge is 0.236 e. The minimum atomic E-state index is -0.0848. The van der Waals surface area contributed by atoms with Gasteiger partial charge in [-0.2, -0.15) is 10.5 Å². The molecule has 0 aliphatic carbocycles. The lowest BCUT2D eigenvalue weighted by molar-refractivity contribution is -0.131. The van der Waals surface area contributed by atoms with Crippen molar-refractivity contribution in [1.29, 1.82) is 10.5 Å². The second-order valence-corrected chi connectivity index (χ2v) is 7.93. The number of amides is 1. The molecule has 144 valence electrons. The zero-order chi connectivity index (χ0) is 20.2. The topological polar surface area (TPSA) is 106 Å². The summed E-state index contributed by atoms with van der Waals surface area (Å²) >= 11 is 1.49. The molecule has 0 saturated carbocycles. The highest BCUT2D eigenvalue weighted by atomic mass is 32.1. The number of nitriles is 2. The van der Waals surface area contributed by atoms with Crippen molar-refractivity contribution in [2.24, 2.45) is 0 Å². The molecule has 1 aliphatic heterocycles. The summed E-state index contributed by atoms with van der Waals surface area (Å²) in [5.41, 5.74) is 2.65. The molecule has 0 spiro atoms. The van der Waals surface area contributed by atoms with Gasteiger partial charge in [-0.15, -0.1) is 0 Å². The van der Waals surface area contributed by atoms with Crippen LogP contribution in [0.15, 0.2) is 36.5 Å². The van der Waals surface area contributed by atoms with E-state index in [9.17, 15) is 4.79 Å². The molecule has 1 aromatic carbocycles. The van der Waals surface area contributed by atoms with Crippen molar-refractivity contribution in [3.8, 4) is 12.1 Å². The van der Waals surface area contributed by atoms with Crippen molar-refractivity contribution in [3.63, 3.8) is 0 Å². The Morgan fingerprint density at radius 1 is 1.24 bits per heavy atom. The summed E-state index contributed by atoms with van der Waals surface area (Å²) in [5, 5.41) is 21.7. The Kier molecular flexibility index (Phi) is 5.37. The fourth-order valence-electron chi connectivity index (χ4n) is 3.57. The molecule has 0 atom stereocenters. The van der Waals surface area contributed by atoms with Crippen molar-refractivity contribution in [1.82, 2.24) is 14.9 Å². The van der Waals surface area contributed by atoms with E-state index < -0.39 is 0 Å². The van der Waals surface area contributed by atoms with Crippen LogP contribution in [0.1, 0.15) is 36.3 Å². The standard InChI is InChI=1S/C21H18N6OS/c22-7-3-20(28)27-9-5-15(6-10-27)16-4-8-24-19(12-16)26-21-25-17-2-1-14(13-23)11-18(17)29-21/h1-2,4,8,11-12,15H,3,5-6,9-10H2,(H,24,25,26). The SMILES string of the molecule is N#CCC(=O)N1CCC(c2ccnc(Nc3nc4ccc(C#N)cc4s3)c2)CC1. The van der Waals surface area contributed by atoms with Gasteiger partial charge in [-0.25, -0.2) is 9.97 Å². The van der Waals surface area contributed by atoms with Crippen LogP contribution in [-0.4, -0.2) is 33.9 Å². The summed E-state index contributed by atoms with van der Waals surface area (Å²) in [5.74, 6) is 1.00. The number of hydrogen-bond acceptors (Lipinski definition) is 7. The van der Waals surface area contributed by atoms with E-state index in [4.69, 9.17) is 10.5 Å². The Morgan fingerprint density at radius 2 is 2.07 bits per heavy atom. The Morgan fingerprint density at radius 3 is 2.83 bits per heavy atom. The van der Waals surface area contributed by atoms with Gasteiger partial charge >= 0.3 is 0 Å². The lowest BCUT2D eigenvalue weighted by atomic mass is 9.90. The molecule has 1 N–H and O–H groups in total. The molecule has 3 heterocycles. The van der Waals surface area contributed by atoms with Crippen molar-refractivity contribution in [3.05, 3.63) is 47.7 Å². The number of pyridine rings is 1. The minimum Gasteiger partial charge on any atom is -0.342 e. The molecule has 2 aromatic heterocycles. The second-order valence-electron chi connectivity index (χ2n) is 6.90. The third-order valence-electron chi connectivity index (χ3n) is 5.09. The summed E-state index contributed by atoms with van der Waals surface area (Å²) in [6.45, 7) is 1.35. The normalized spacial score (nSPS) is 14.3. The number of carbonyl (C=O) groups excluding carboxylic acids is 1. The summed E-state index contributed by atoms with van der Waals surface area (Å²) in [4.78, 5) is 22.6. The van der Waals surface area contributed by atoms with Crippen LogP contribution in [0, 0.1) is 22.7 Å². The van der Waals surface area contributed by atoms with Crippen LogP contribution >= 0.6 is 11.3 Å². The molecular formula is C21H18N6OS. The van der Waals surface area contributed by atoms with E-state index in [1.54, 1.807) is 17.2 Å². The van der Waals surface area contributed by atoms with Gasteiger partial charge in [-0.05, 0) is 54.7 Å². The predicted molar refractivity (Wildman–Crippen MR) is 111 cm³/mol. The highest BCUT2D eigenvalue weighted by Crippen LogP contribution is 2.31. The van der Waals surface area contributed by atoms with E-state index in [0.29, 0.717) is 24.6 Å². The number of rotatable bonds is 4. The largest absolute Gasteiger partial charge is 0.342 e. The zero-order valence-electron chi connectivity index (χ0n) is 15.6. The molecule has 1 saturated heterocycles. The predicted octanol–water partition coefficient (Wildman–Crippen LogP) is 3.93. The highest BCUT2D eigenvalue weighted by molar-refractivity contribution is 7.22. The van der Waals surface area contributed by atoms with Gasteiger partial charge in [0.15, 0.2) is 5.13 Å². The van der Waals surface area contributed by atoms with Crippen LogP contribution in [0.5, 0.6) is 0 Å². The first-order valence-electron chi connectivity index (χ1n) is 9.34. The molecule has 8 heteroatoms. The number of carbonyl (C=O) groups is 1. The van der Waals surface area contributed by atoms with Crippen LogP contribution in [0.25, 0.3) is 10.2 Å². The fraction of sp³-hybridized carbons (Fsp3) is 0.286. The molecule has 29 heavy (non-hydrogen) atoms. The average molecular weight is 402 g/mol. The Bertz CT molecular complexity index is 1130. The average Bonchev–Trinajstić information content (AvgIpc) is 3.15. The highest BCUT2D eigenvalue weighted by Gasteiger charge is 2.23. The maximum atomic E-state index is 11.9. The van der Waals surface area contributed by atoms with Crippen LogP contribution in [0.2, 0.25) is 0 Å². The van der Waals surface area contributed by atoms with Gasteiger partial charge in [0.1, 0.15) is 12.2 Å². The molecular weight excluding hydrogens is 384 g/mol. The first-order chi connectivity index (χ1) is 14.2. The Labute approximate surface area is 172 Å². The van der Waals surface area contributed by atoms with Gasteiger partial charge in [-0.1, -0.05) is 11.3 Å². The number of nitrogens with zero attached hydrogens (tertiary/aromatic N) is 5. The molecule has 1 fully saturated rings. The van der Waals surface area contributed by atoms with E-state index in [-0.39, 0.29) is 12.3 Å². The number of anilines is 2. The summed E-state index contributed by atoms with van der Waals surface area (Å²) in [7, 11) is 0. The van der Waals surface area contributed by atoms with E-state index in [0.717, 1.165) is 34.0 Å². The number of fused-ring (bicyclic) bond motifs is 1. The third-order valence-corrected chi connectivity index (χ3v) is 6.02. The number of thiazole rings is 1. The van der Waals surface area contributed by atoms with Crippen molar-refractivity contribution >= 4 is 38.4 Å². The number of benzene rings is 1. The zero-order valence-corrected chi connectivity index (χ0v) is 16.4. The molecule has 1 amide bonds. The van der Waals surface area contributed by atoms with Crippen LogP contribution in [0.4, 0.5) is 10.9 Å². The molecule has 1 aliphatic rings. The monoisotopic (exact) mass is 402 g/mol. The van der Waals surface area contributed by atoms with Gasteiger partial charge in [0.2, 0.25) is 5.91 Å².